The molecule has 0 aromatic carbocycles. The first-order valence-electron chi connectivity index (χ1n) is 3.60. The van der Waals surface area contributed by atoms with E-state index in [0.29, 0.717) is 5.92 Å². The standard InChI is InChI=1S/C8H13NO/c1-6(2)4-8-5-9-10-7(8)3/h5-6H,4H2,1-3H3. The highest BCUT2D eigenvalue weighted by Gasteiger charge is 2.03. The van der Waals surface area contributed by atoms with Crippen LogP contribution in [0.1, 0.15) is 25.2 Å². The molecule has 0 aliphatic heterocycles. The van der Waals surface area contributed by atoms with E-state index in [1.165, 1.54) is 5.56 Å². The molecule has 0 saturated heterocycles. The van der Waals surface area contributed by atoms with Gasteiger partial charge in [0.15, 0.2) is 0 Å². The molecule has 0 N–H and O–H groups in total. The molecular formula is C8H13NO. The fourth-order valence-electron chi connectivity index (χ4n) is 0.955. The van der Waals surface area contributed by atoms with Crippen molar-refractivity contribution in [3.8, 4) is 0 Å². The van der Waals surface area contributed by atoms with Gasteiger partial charge in [0.2, 0.25) is 0 Å². The summed E-state index contributed by atoms with van der Waals surface area (Å²) in [5.41, 5.74) is 1.23. The van der Waals surface area contributed by atoms with Crippen molar-refractivity contribution in [2.24, 2.45) is 5.92 Å². The molecule has 1 rings (SSSR count). The monoisotopic (exact) mass is 139 g/mol. The molecule has 0 amide bonds. The molecule has 2 heteroatoms. The van der Waals surface area contributed by atoms with Crippen molar-refractivity contribution in [2.75, 3.05) is 0 Å². The van der Waals surface area contributed by atoms with Gasteiger partial charge in [-0.25, -0.2) is 0 Å². The number of hydrogen-bond donors (Lipinski definition) is 0. The highest BCUT2D eigenvalue weighted by Crippen LogP contribution is 2.11. The Kier molecular flexibility index (Phi) is 2.10. The molecule has 0 unspecified atom stereocenters. The molecule has 0 saturated carbocycles. The zero-order valence-electron chi connectivity index (χ0n) is 6.72. The van der Waals surface area contributed by atoms with Gasteiger partial charge >= 0.3 is 0 Å². The number of hydrogen-bond acceptors (Lipinski definition) is 2. The topological polar surface area (TPSA) is 26.0 Å². The molecule has 0 aliphatic carbocycles. The molecule has 2 nitrogen and oxygen atoms in total. The predicted octanol–water partition coefficient (Wildman–Crippen LogP) is 2.18. The lowest BCUT2D eigenvalue weighted by atomic mass is 10.0. The minimum Gasteiger partial charge on any atom is -0.361 e. The van der Waals surface area contributed by atoms with E-state index in [9.17, 15) is 0 Å². The van der Waals surface area contributed by atoms with Gasteiger partial charge in [-0.15, -0.1) is 0 Å². The predicted molar refractivity (Wildman–Crippen MR) is 39.8 cm³/mol. The van der Waals surface area contributed by atoms with E-state index in [1.54, 1.807) is 6.20 Å². The second kappa shape index (κ2) is 2.86. The van der Waals surface area contributed by atoms with Gasteiger partial charge < -0.3 is 4.52 Å². The van der Waals surface area contributed by atoms with Gasteiger partial charge in [-0.1, -0.05) is 19.0 Å². The van der Waals surface area contributed by atoms with Crippen LogP contribution in [-0.4, -0.2) is 5.16 Å². The zero-order valence-corrected chi connectivity index (χ0v) is 6.72. The van der Waals surface area contributed by atoms with Crippen molar-refractivity contribution in [2.45, 2.75) is 27.2 Å². The first-order chi connectivity index (χ1) is 4.70. The molecule has 56 valence electrons. The molecule has 1 aromatic rings. The summed E-state index contributed by atoms with van der Waals surface area (Å²) in [4.78, 5) is 0. The number of aryl methyl sites for hydroxylation is 1. The largest absolute Gasteiger partial charge is 0.361 e. The maximum atomic E-state index is 4.92. The summed E-state index contributed by atoms with van der Waals surface area (Å²) >= 11 is 0. The minimum atomic E-state index is 0.679. The van der Waals surface area contributed by atoms with Crippen molar-refractivity contribution in [1.29, 1.82) is 0 Å². The first kappa shape index (κ1) is 7.32. The fourth-order valence-corrected chi connectivity index (χ4v) is 0.955. The quantitative estimate of drug-likeness (QED) is 0.627. The van der Waals surface area contributed by atoms with Crippen molar-refractivity contribution < 1.29 is 4.52 Å². The Morgan fingerprint density at radius 1 is 1.60 bits per heavy atom. The third kappa shape index (κ3) is 1.59. The Morgan fingerprint density at radius 3 is 2.70 bits per heavy atom. The Morgan fingerprint density at radius 2 is 2.30 bits per heavy atom. The van der Waals surface area contributed by atoms with Crippen molar-refractivity contribution in [1.82, 2.24) is 5.16 Å². The molecule has 1 aromatic heterocycles. The molecule has 0 atom stereocenters. The van der Waals surface area contributed by atoms with Gasteiger partial charge in [-0.3, -0.25) is 0 Å². The van der Waals surface area contributed by atoms with Gasteiger partial charge in [0.05, 0.1) is 6.20 Å². The summed E-state index contributed by atoms with van der Waals surface area (Å²) in [7, 11) is 0. The van der Waals surface area contributed by atoms with Crippen LogP contribution in [0.3, 0.4) is 0 Å². The molecule has 0 spiro atoms. The first-order valence-corrected chi connectivity index (χ1v) is 3.60. The van der Waals surface area contributed by atoms with E-state index in [0.717, 1.165) is 12.2 Å². The van der Waals surface area contributed by atoms with Crippen LogP contribution in [-0.2, 0) is 6.42 Å². The summed E-state index contributed by atoms with van der Waals surface area (Å²) in [5, 5.41) is 3.70. The number of aromatic nitrogens is 1. The Labute approximate surface area is 61.2 Å². The summed E-state index contributed by atoms with van der Waals surface area (Å²) in [6, 6.07) is 0. The lowest BCUT2D eigenvalue weighted by Crippen LogP contribution is -1.93. The molecule has 0 bridgehead atoms. The van der Waals surface area contributed by atoms with E-state index < -0.39 is 0 Å². The minimum absolute atomic E-state index is 0.679. The van der Waals surface area contributed by atoms with Crippen LogP contribution in [0.5, 0.6) is 0 Å². The summed E-state index contributed by atoms with van der Waals surface area (Å²) < 4.78 is 4.92. The molecule has 0 radical (unpaired) electrons. The van der Waals surface area contributed by atoms with Crippen LogP contribution in [0.15, 0.2) is 10.7 Å². The Hall–Kier alpha value is -0.790. The fraction of sp³-hybridized carbons (Fsp3) is 0.625. The van der Waals surface area contributed by atoms with Crippen molar-refractivity contribution in [3.05, 3.63) is 17.5 Å². The molecule has 0 fully saturated rings. The lowest BCUT2D eigenvalue weighted by molar-refractivity contribution is 0.395. The molecule has 10 heavy (non-hydrogen) atoms. The van der Waals surface area contributed by atoms with E-state index in [-0.39, 0.29) is 0 Å². The van der Waals surface area contributed by atoms with E-state index in [4.69, 9.17) is 4.52 Å². The molecule has 0 aliphatic rings. The highest BCUT2D eigenvalue weighted by molar-refractivity contribution is 5.11. The summed E-state index contributed by atoms with van der Waals surface area (Å²) in [5.74, 6) is 1.63. The van der Waals surface area contributed by atoms with Gasteiger partial charge in [0.1, 0.15) is 5.76 Å². The maximum Gasteiger partial charge on any atom is 0.136 e. The van der Waals surface area contributed by atoms with Gasteiger partial charge in [0, 0.05) is 5.56 Å². The maximum absolute atomic E-state index is 4.92. The summed E-state index contributed by atoms with van der Waals surface area (Å²) in [6.07, 6.45) is 2.87. The van der Waals surface area contributed by atoms with Crippen LogP contribution in [0.25, 0.3) is 0 Å². The summed E-state index contributed by atoms with van der Waals surface area (Å²) in [6.45, 7) is 6.32. The Balaban J connectivity index is 2.65. The van der Waals surface area contributed by atoms with E-state index in [1.807, 2.05) is 6.92 Å². The third-order valence-corrected chi connectivity index (χ3v) is 1.48. The SMILES string of the molecule is Cc1oncc1CC(C)C. The molecule has 1 heterocycles. The normalized spacial score (nSPS) is 10.8. The van der Waals surface area contributed by atoms with Gasteiger partial charge in [-0.2, -0.15) is 0 Å². The second-order valence-corrected chi connectivity index (χ2v) is 3.01. The number of nitrogens with zero attached hydrogens (tertiary/aromatic N) is 1. The van der Waals surface area contributed by atoms with Crippen LogP contribution in [0.2, 0.25) is 0 Å². The van der Waals surface area contributed by atoms with Crippen LogP contribution in [0.4, 0.5) is 0 Å². The van der Waals surface area contributed by atoms with E-state index >= 15 is 0 Å². The van der Waals surface area contributed by atoms with Crippen molar-refractivity contribution >= 4 is 0 Å². The molecular weight excluding hydrogens is 126 g/mol. The van der Waals surface area contributed by atoms with Crippen LogP contribution >= 0.6 is 0 Å². The lowest BCUT2D eigenvalue weighted by Gasteiger charge is -1.99. The van der Waals surface area contributed by atoms with Gasteiger partial charge in [0.25, 0.3) is 0 Å². The van der Waals surface area contributed by atoms with Crippen molar-refractivity contribution in [3.63, 3.8) is 0 Å². The zero-order chi connectivity index (χ0) is 7.56. The smallest absolute Gasteiger partial charge is 0.136 e. The average Bonchev–Trinajstić information content (AvgIpc) is 2.15. The number of rotatable bonds is 2. The van der Waals surface area contributed by atoms with Gasteiger partial charge in [-0.05, 0) is 19.3 Å². The van der Waals surface area contributed by atoms with Crippen LogP contribution in [0, 0.1) is 12.8 Å². The van der Waals surface area contributed by atoms with Crippen LogP contribution < -0.4 is 0 Å². The Bertz CT molecular complexity index is 203. The highest BCUT2D eigenvalue weighted by atomic mass is 16.5. The van der Waals surface area contributed by atoms with E-state index in [2.05, 4.69) is 19.0 Å². The third-order valence-electron chi connectivity index (χ3n) is 1.48. The average molecular weight is 139 g/mol. The second-order valence-electron chi connectivity index (χ2n) is 3.01.